The summed E-state index contributed by atoms with van der Waals surface area (Å²) in [5.74, 6) is 0. The molecule has 0 saturated heterocycles. The molecule has 1 aliphatic carbocycles. The highest BCUT2D eigenvalue weighted by molar-refractivity contribution is 5.31. The SMILES string of the molecule is CNCCCC1=CC(C)=CCC1(C)C. The molecule has 1 N–H and O–H groups in total. The summed E-state index contributed by atoms with van der Waals surface area (Å²) >= 11 is 0. The number of rotatable bonds is 4. The van der Waals surface area contributed by atoms with Crippen LogP contribution in [0.3, 0.4) is 0 Å². The van der Waals surface area contributed by atoms with Crippen molar-refractivity contribution in [3.63, 3.8) is 0 Å². The van der Waals surface area contributed by atoms with Gasteiger partial charge in [-0.2, -0.15) is 0 Å². The van der Waals surface area contributed by atoms with E-state index in [1.54, 1.807) is 5.57 Å². The van der Waals surface area contributed by atoms with Gasteiger partial charge < -0.3 is 5.32 Å². The molecular weight excluding hydrogens is 170 g/mol. The zero-order valence-electron chi connectivity index (χ0n) is 9.98. The van der Waals surface area contributed by atoms with Gasteiger partial charge in [0.25, 0.3) is 0 Å². The van der Waals surface area contributed by atoms with Crippen molar-refractivity contribution in [1.29, 1.82) is 0 Å². The molecule has 0 atom stereocenters. The van der Waals surface area contributed by atoms with Crippen LogP contribution >= 0.6 is 0 Å². The van der Waals surface area contributed by atoms with Crippen LogP contribution in [0.2, 0.25) is 0 Å². The second-order valence-corrected chi connectivity index (χ2v) is 4.91. The second kappa shape index (κ2) is 4.79. The Labute approximate surface area is 88.3 Å². The molecule has 0 aromatic rings. The maximum absolute atomic E-state index is 3.20. The molecule has 0 aromatic heterocycles. The maximum atomic E-state index is 3.20. The van der Waals surface area contributed by atoms with Gasteiger partial charge in [-0.25, -0.2) is 0 Å². The molecule has 0 fully saturated rings. The highest BCUT2D eigenvalue weighted by atomic mass is 14.8. The zero-order chi connectivity index (χ0) is 10.6. The lowest BCUT2D eigenvalue weighted by molar-refractivity contribution is 0.424. The Hall–Kier alpha value is -0.560. The summed E-state index contributed by atoms with van der Waals surface area (Å²) in [7, 11) is 2.02. The summed E-state index contributed by atoms with van der Waals surface area (Å²) in [6.07, 6.45) is 8.41. The van der Waals surface area contributed by atoms with E-state index in [0.717, 1.165) is 6.54 Å². The molecule has 1 aliphatic rings. The lowest BCUT2D eigenvalue weighted by Gasteiger charge is -2.30. The standard InChI is InChI=1S/C13H23N/c1-11-7-8-13(2,3)12(10-11)6-5-9-14-4/h7,10,14H,5-6,8-9H2,1-4H3. The summed E-state index contributed by atoms with van der Waals surface area (Å²) < 4.78 is 0. The van der Waals surface area contributed by atoms with Gasteiger partial charge in [-0.15, -0.1) is 0 Å². The predicted octanol–water partition coefficient (Wildman–Crippen LogP) is 3.29. The van der Waals surface area contributed by atoms with Gasteiger partial charge in [0.2, 0.25) is 0 Å². The summed E-state index contributed by atoms with van der Waals surface area (Å²) in [6, 6.07) is 0. The molecule has 0 aliphatic heterocycles. The molecule has 0 unspecified atom stereocenters. The van der Waals surface area contributed by atoms with Crippen LogP contribution in [0.4, 0.5) is 0 Å². The minimum atomic E-state index is 0.382. The van der Waals surface area contributed by atoms with E-state index < -0.39 is 0 Å². The molecule has 14 heavy (non-hydrogen) atoms. The molecule has 0 spiro atoms. The number of hydrogen-bond donors (Lipinski definition) is 1. The first-order valence-corrected chi connectivity index (χ1v) is 5.58. The lowest BCUT2D eigenvalue weighted by atomic mass is 9.75. The molecule has 0 aromatic carbocycles. The Bertz CT molecular complexity index is 246. The summed E-state index contributed by atoms with van der Waals surface area (Å²) in [4.78, 5) is 0. The Balaban J connectivity index is 2.58. The number of hydrogen-bond acceptors (Lipinski definition) is 1. The number of nitrogens with one attached hydrogen (secondary N) is 1. The summed E-state index contributed by atoms with van der Waals surface area (Å²) in [6.45, 7) is 8.02. The maximum Gasteiger partial charge on any atom is -0.00489 e. The van der Waals surface area contributed by atoms with Gasteiger partial charge in [0.1, 0.15) is 0 Å². The van der Waals surface area contributed by atoms with Crippen LogP contribution in [-0.4, -0.2) is 13.6 Å². The third-order valence-electron chi connectivity index (χ3n) is 3.08. The van der Waals surface area contributed by atoms with Crippen LogP contribution in [-0.2, 0) is 0 Å². The fraction of sp³-hybridized carbons (Fsp3) is 0.692. The van der Waals surface area contributed by atoms with E-state index in [9.17, 15) is 0 Å². The van der Waals surface area contributed by atoms with Gasteiger partial charge in [-0.05, 0) is 45.2 Å². The van der Waals surface area contributed by atoms with E-state index in [-0.39, 0.29) is 0 Å². The van der Waals surface area contributed by atoms with Crippen LogP contribution in [0, 0.1) is 5.41 Å². The van der Waals surface area contributed by atoms with Crippen LogP contribution in [0.5, 0.6) is 0 Å². The van der Waals surface area contributed by atoms with E-state index >= 15 is 0 Å². The van der Waals surface area contributed by atoms with Crippen molar-refractivity contribution in [2.45, 2.75) is 40.0 Å². The Kier molecular flexibility index (Phi) is 3.94. The third-order valence-corrected chi connectivity index (χ3v) is 3.08. The van der Waals surface area contributed by atoms with Crippen LogP contribution in [0.15, 0.2) is 23.3 Å². The highest BCUT2D eigenvalue weighted by Gasteiger charge is 2.23. The zero-order valence-corrected chi connectivity index (χ0v) is 9.98. The fourth-order valence-corrected chi connectivity index (χ4v) is 1.94. The van der Waals surface area contributed by atoms with Crippen molar-refractivity contribution in [3.05, 3.63) is 23.3 Å². The van der Waals surface area contributed by atoms with Crippen molar-refractivity contribution < 1.29 is 0 Å². The van der Waals surface area contributed by atoms with E-state index in [4.69, 9.17) is 0 Å². The summed E-state index contributed by atoms with van der Waals surface area (Å²) in [5, 5.41) is 3.20. The van der Waals surface area contributed by atoms with Crippen molar-refractivity contribution in [1.82, 2.24) is 5.32 Å². The van der Waals surface area contributed by atoms with Gasteiger partial charge in [0.15, 0.2) is 0 Å². The van der Waals surface area contributed by atoms with Crippen LogP contribution in [0.1, 0.15) is 40.0 Å². The first kappa shape index (κ1) is 11.5. The van der Waals surface area contributed by atoms with Crippen molar-refractivity contribution in [2.75, 3.05) is 13.6 Å². The Morgan fingerprint density at radius 1 is 1.43 bits per heavy atom. The molecule has 80 valence electrons. The molecular formula is C13H23N. The minimum absolute atomic E-state index is 0.382. The lowest BCUT2D eigenvalue weighted by Crippen LogP contribution is -2.18. The third kappa shape index (κ3) is 2.98. The van der Waals surface area contributed by atoms with Crippen molar-refractivity contribution in [2.24, 2.45) is 5.41 Å². The van der Waals surface area contributed by atoms with E-state index in [0.29, 0.717) is 5.41 Å². The molecule has 1 nitrogen and oxygen atoms in total. The normalized spacial score (nSPS) is 20.3. The average Bonchev–Trinajstić information content (AvgIpc) is 2.12. The quantitative estimate of drug-likeness (QED) is 0.676. The van der Waals surface area contributed by atoms with Crippen molar-refractivity contribution in [3.8, 4) is 0 Å². The molecule has 1 rings (SSSR count). The molecule has 0 amide bonds. The van der Waals surface area contributed by atoms with Crippen LogP contribution < -0.4 is 5.32 Å². The smallest absolute Gasteiger partial charge is 0.00489 e. The highest BCUT2D eigenvalue weighted by Crippen LogP contribution is 2.37. The fourth-order valence-electron chi connectivity index (χ4n) is 1.94. The van der Waals surface area contributed by atoms with E-state index in [2.05, 4.69) is 38.2 Å². The van der Waals surface area contributed by atoms with E-state index in [1.807, 2.05) is 7.05 Å². The Morgan fingerprint density at radius 3 is 2.79 bits per heavy atom. The Morgan fingerprint density at radius 2 is 2.14 bits per heavy atom. The molecule has 0 heterocycles. The van der Waals surface area contributed by atoms with Gasteiger partial charge in [0, 0.05) is 0 Å². The first-order chi connectivity index (χ1) is 6.56. The van der Waals surface area contributed by atoms with Gasteiger partial charge in [-0.1, -0.05) is 37.1 Å². The van der Waals surface area contributed by atoms with Gasteiger partial charge in [-0.3, -0.25) is 0 Å². The van der Waals surface area contributed by atoms with Crippen LogP contribution in [0.25, 0.3) is 0 Å². The van der Waals surface area contributed by atoms with Gasteiger partial charge >= 0.3 is 0 Å². The topological polar surface area (TPSA) is 12.0 Å². The van der Waals surface area contributed by atoms with Gasteiger partial charge in [0.05, 0.1) is 0 Å². The largest absolute Gasteiger partial charge is 0.320 e. The predicted molar refractivity (Wildman–Crippen MR) is 63.4 cm³/mol. The molecule has 0 saturated carbocycles. The molecule has 0 bridgehead atoms. The first-order valence-electron chi connectivity index (χ1n) is 5.58. The van der Waals surface area contributed by atoms with Crippen molar-refractivity contribution >= 4 is 0 Å². The molecule has 0 radical (unpaired) electrons. The number of allylic oxidation sites excluding steroid dienone is 4. The second-order valence-electron chi connectivity index (χ2n) is 4.91. The van der Waals surface area contributed by atoms with E-state index in [1.165, 1.54) is 24.8 Å². The monoisotopic (exact) mass is 193 g/mol. The summed E-state index contributed by atoms with van der Waals surface area (Å²) in [5.41, 5.74) is 3.43. The molecule has 1 heteroatoms. The minimum Gasteiger partial charge on any atom is -0.320 e. The average molecular weight is 193 g/mol.